The van der Waals surface area contributed by atoms with Gasteiger partial charge in [0.25, 0.3) is 0 Å². The summed E-state index contributed by atoms with van der Waals surface area (Å²) >= 11 is 0. The van der Waals surface area contributed by atoms with E-state index in [0.29, 0.717) is 5.41 Å². The predicted molar refractivity (Wildman–Crippen MR) is 66.8 cm³/mol. The zero-order chi connectivity index (χ0) is 11.1. The van der Waals surface area contributed by atoms with Gasteiger partial charge in [0.2, 0.25) is 0 Å². The number of hydrogen-bond donors (Lipinski definition) is 0. The molecule has 0 heterocycles. The Morgan fingerprint density at radius 3 is 2.73 bits per heavy atom. The zero-order valence-corrected chi connectivity index (χ0v) is 10.8. The van der Waals surface area contributed by atoms with Crippen LogP contribution in [-0.4, -0.2) is 0 Å². The molecule has 0 bridgehead atoms. The Balaban J connectivity index is 2.34. The average molecular weight is 206 g/mol. The van der Waals surface area contributed by atoms with Crippen LogP contribution in [0.1, 0.15) is 59.8 Å². The van der Waals surface area contributed by atoms with Crippen molar-refractivity contribution < 1.29 is 0 Å². The third-order valence-electron chi connectivity index (χ3n) is 5.24. The normalized spacial score (nSPS) is 41.3. The highest BCUT2D eigenvalue weighted by molar-refractivity contribution is 5.22. The molecule has 2 aliphatic carbocycles. The molecule has 0 unspecified atom stereocenters. The minimum absolute atomic E-state index is 0.532. The molecule has 0 heteroatoms. The molecular formula is C15H26. The van der Waals surface area contributed by atoms with Crippen LogP contribution in [-0.2, 0) is 0 Å². The molecular weight excluding hydrogens is 180 g/mol. The molecule has 0 aromatic heterocycles. The van der Waals surface area contributed by atoms with Gasteiger partial charge in [-0.05, 0) is 55.3 Å². The monoisotopic (exact) mass is 206 g/mol. The SMILES string of the molecule is CC(C)[C@@H]1CCC=C2CCC[C@@H](C)[C@]21C. The van der Waals surface area contributed by atoms with Gasteiger partial charge in [0, 0.05) is 0 Å². The standard InChI is InChI=1S/C15H26/c1-11(2)14-10-6-9-13-8-5-7-12(3)15(13,14)4/h9,11-12,14H,5-8,10H2,1-4H3/t12-,14+,15-/m1/s1. The summed E-state index contributed by atoms with van der Waals surface area (Å²) in [4.78, 5) is 0. The average Bonchev–Trinajstić information content (AvgIpc) is 2.18. The highest BCUT2D eigenvalue weighted by Crippen LogP contribution is 2.55. The van der Waals surface area contributed by atoms with Crippen molar-refractivity contribution in [3.05, 3.63) is 11.6 Å². The van der Waals surface area contributed by atoms with Crippen LogP contribution in [0, 0.1) is 23.2 Å². The lowest BCUT2D eigenvalue weighted by molar-refractivity contribution is 0.0646. The van der Waals surface area contributed by atoms with E-state index in [2.05, 4.69) is 33.8 Å². The Morgan fingerprint density at radius 2 is 2.07 bits per heavy atom. The van der Waals surface area contributed by atoms with Crippen molar-refractivity contribution in [3.8, 4) is 0 Å². The Labute approximate surface area is 95.1 Å². The first-order chi connectivity index (χ1) is 7.06. The maximum absolute atomic E-state index is 2.56. The van der Waals surface area contributed by atoms with Crippen molar-refractivity contribution in [2.24, 2.45) is 23.2 Å². The highest BCUT2D eigenvalue weighted by Gasteiger charge is 2.45. The topological polar surface area (TPSA) is 0 Å². The smallest absolute Gasteiger partial charge is 0.00600 e. The predicted octanol–water partition coefficient (Wildman–Crippen LogP) is 4.81. The van der Waals surface area contributed by atoms with Crippen molar-refractivity contribution in [1.82, 2.24) is 0 Å². The van der Waals surface area contributed by atoms with E-state index in [1.165, 1.54) is 32.1 Å². The molecule has 0 aromatic carbocycles. The molecule has 0 saturated heterocycles. The van der Waals surface area contributed by atoms with Crippen LogP contribution in [0.2, 0.25) is 0 Å². The lowest BCUT2D eigenvalue weighted by Gasteiger charge is -2.51. The van der Waals surface area contributed by atoms with Crippen LogP contribution in [0.4, 0.5) is 0 Å². The fourth-order valence-electron chi connectivity index (χ4n) is 4.17. The third kappa shape index (κ3) is 1.66. The molecule has 86 valence electrons. The van der Waals surface area contributed by atoms with Crippen LogP contribution >= 0.6 is 0 Å². The molecule has 0 aromatic rings. The van der Waals surface area contributed by atoms with Crippen LogP contribution < -0.4 is 0 Å². The molecule has 2 rings (SSSR count). The van der Waals surface area contributed by atoms with Gasteiger partial charge in [-0.15, -0.1) is 0 Å². The number of rotatable bonds is 1. The fraction of sp³-hybridized carbons (Fsp3) is 0.867. The number of hydrogen-bond acceptors (Lipinski definition) is 0. The molecule has 0 nitrogen and oxygen atoms in total. The van der Waals surface area contributed by atoms with Gasteiger partial charge in [0.1, 0.15) is 0 Å². The molecule has 0 spiro atoms. The molecule has 0 aliphatic heterocycles. The molecule has 0 amide bonds. The first-order valence-electron chi connectivity index (χ1n) is 6.76. The van der Waals surface area contributed by atoms with Gasteiger partial charge in [0.15, 0.2) is 0 Å². The number of fused-ring (bicyclic) bond motifs is 1. The van der Waals surface area contributed by atoms with Crippen molar-refractivity contribution in [1.29, 1.82) is 0 Å². The molecule has 0 radical (unpaired) electrons. The first-order valence-corrected chi connectivity index (χ1v) is 6.76. The number of allylic oxidation sites excluding steroid dienone is 2. The molecule has 15 heavy (non-hydrogen) atoms. The molecule has 1 fully saturated rings. The zero-order valence-electron chi connectivity index (χ0n) is 10.8. The van der Waals surface area contributed by atoms with Crippen LogP contribution in [0.3, 0.4) is 0 Å². The van der Waals surface area contributed by atoms with Crippen molar-refractivity contribution >= 4 is 0 Å². The summed E-state index contributed by atoms with van der Waals surface area (Å²) < 4.78 is 0. The maximum Gasteiger partial charge on any atom is -0.00600 e. The van der Waals surface area contributed by atoms with E-state index in [9.17, 15) is 0 Å². The van der Waals surface area contributed by atoms with E-state index in [1.807, 2.05) is 0 Å². The van der Waals surface area contributed by atoms with Crippen molar-refractivity contribution in [3.63, 3.8) is 0 Å². The van der Waals surface area contributed by atoms with Crippen molar-refractivity contribution in [2.45, 2.75) is 59.8 Å². The van der Waals surface area contributed by atoms with Gasteiger partial charge in [-0.1, -0.05) is 39.3 Å². The van der Waals surface area contributed by atoms with Gasteiger partial charge in [-0.2, -0.15) is 0 Å². The van der Waals surface area contributed by atoms with Gasteiger partial charge in [-0.3, -0.25) is 0 Å². The van der Waals surface area contributed by atoms with E-state index >= 15 is 0 Å². The summed E-state index contributed by atoms with van der Waals surface area (Å²) in [7, 11) is 0. The summed E-state index contributed by atoms with van der Waals surface area (Å²) in [5.74, 6) is 2.66. The van der Waals surface area contributed by atoms with E-state index in [0.717, 1.165) is 17.8 Å². The second-order valence-electron chi connectivity index (χ2n) is 6.23. The van der Waals surface area contributed by atoms with Crippen LogP contribution in [0.25, 0.3) is 0 Å². The van der Waals surface area contributed by atoms with Crippen LogP contribution in [0.5, 0.6) is 0 Å². The van der Waals surface area contributed by atoms with Crippen LogP contribution in [0.15, 0.2) is 11.6 Å². The summed E-state index contributed by atoms with van der Waals surface area (Å²) in [6.07, 6.45) is 9.56. The second-order valence-corrected chi connectivity index (χ2v) is 6.23. The summed E-state index contributed by atoms with van der Waals surface area (Å²) in [5, 5.41) is 0. The van der Waals surface area contributed by atoms with Crippen molar-refractivity contribution in [2.75, 3.05) is 0 Å². The van der Waals surface area contributed by atoms with Gasteiger partial charge < -0.3 is 0 Å². The minimum atomic E-state index is 0.532. The van der Waals surface area contributed by atoms with Gasteiger partial charge >= 0.3 is 0 Å². The van der Waals surface area contributed by atoms with E-state index in [1.54, 1.807) is 5.57 Å². The fourth-order valence-corrected chi connectivity index (χ4v) is 4.17. The lowest BCUT2D eigenvalue weighted by Crippen LogP contribution is -2.42. The first kappa shape index (κ1) is 11.2. The molecule has 1 saturated carbocycles. The summed E-state index contributed by atoms with van der Waals surface area (Å²) in [6, 6.07) is 0. The Hall–Kier alpha value is -0.260. The van der Waals surface area contributed by atoms with E-state index in [4.69, 9.17) is 0 Å². The Bertz CT molecular complexity index is 261. The van der Waals surface area contributed by atoms with Gasteiger partial charge in [-0.25, -0.2) is 0 Å². The summed E-state index contributed by atoms with van der Waals surface area (Å²) in [5.41, 5.74) is 2.33. The Morgan fingerprint density at radius 1 is 1.33 bits per heavy atom. The van der Waals surface area contributed by atoms with Gasteiger partial charge in [0.05, 0.1) is 0 Å². The largest absolute Gasteiger partial charge is 0.0847 e. The molecule has 0 N–H and O–H groups in total. The molecule has 2 aliphatic rings. The maximum atomic E-state index is 2.56. The highest BCUT2D eigenvalue weighted by atomic mass is 14.5. The minimum Gasteiger partial charge on any atom is -0.0847 e. The quantitative estimate of drug-likeness (QED) is 0.540. The third-order valence-corrected chi connectivity index (χ3v) is 5.24. The Kier molecular flexibility index (Phi) is 2.96. The summed E-state index contributed by atoms with van der Waals surface area (Å²) in [6.45, 7) is 9.86. The molecule has 3 atom stereocenters. The van der Waals surface area contributed by atoms with E-state index < -0.39 is 0 Å². The lowest BCUT2D eigenvalue weighted by atomic mass is 9.53. The second kappa shape index (κ2) is 3.96. The van der Waals surface area contributed by atoms with E-state index in [-0.39, 0.29) is 0 Å².